The van der Waals surface area contributed by atoms with Crippen LogP contribution in [0, 0.1) is 0 Å². The van der Waals surface area contributed by atoms with E-state index in [0.29, 0.717) is 6.42 Å². The summed E-state index contributed by atoms with van der Waals surface area (Å²) in [7, 11) is 0. The van der Waals surface area contributed by atoms with E-state index >= 15 is 0 Å². The monoisotopic (exact) mass is 144 g/mol. The second-order valence-corrected chi connectivity index (χ2v) is 2.50. The highest BCUT2D eigenvalue weighted by Gasteiger charge is 1.90. The Balaban J connectivity index is 3.37. The van der Waals surface area contributed by atoms with E-state index in [1.54, 1.807) is 17.8 Å². The third kappa shape index (κ3) is 5.63. The van der Waals surface area contributed by atoms with Gasteiger partial charge in [-0.3, -0.25) is 4.79 Å². The molecule has 0 aliphatic heterocycles. The second-order valence-electron chi connectivity index (χ2n) is 1.75. The predicted octanol–water partition coefficient (Wildman–Crippen LogP) is 2.23. The van der Waals surface area contributed by atoms with Crippen LogP contribution in [-0.2, 0) is 4.79 Å². The van der Waals surface area contributed by atoms with Gasteiger partial charge in [-0.15, -0.1) is 11.8 Å². The number of carbonyl (C=O) groups is 1. The zero-order chi connectivity index (χ0) is 7.11. The van der Waals surface area contributed by atoms with Crippen LogP contribution in [0.25, 0.3) is 0 Å². The Morgan fingerprint density at radius 2 is 2.33 bits per heavy atom. The van der Waals surface area contributed by atoms with Gasteiger partial charge in [-0.2, -0.15) is 0 Å². The van der Waals surface area contributed by atoms with E-state index < -0.39 is 0 Å². The van der Waals surface area contributed by atoms with Gasteiger partial charge in [0.05, 0.1) is 0 Å². The van der Waals surface area contributed by atoms with Crippen molar-refractivity contribution < 1.29 is 4.79 Å². The number of thioether (sulfide) groups is 1. The van der Waals surface area contributed by atoms with Crippen LogP contribution in [0.1, 0.15) is 19.8 Å². The summed E-state index contributed by atoms with van der Waals surface area (Å²) in [6, 6.07) is 0. The summed E-state index contributed by atoms with van der Waals surface area (Å²) in [5.41, 5.74) is 0. The van der Waals surface area contributed by atoms with Gasteiger partial charge in [0.2, 0.25) is 0 Å². The Kier molecular flexibility index (Phi) is 5.73. The fourth-order valence-corrected chi connectivity index (χ4v) is 0.762. The van der Waals surface area contributed by atoms with Gasteiger partial charge >= 0.3 is 0 Å². The zero-order valence-electron chi connectivity index (χ0n) is 5.89. The van der Waals surface area contributed by atoms with Crippen molar-refractivity contribution in [3.05, 3.63) is 11.5 Å². The molecule has 2 heteroatoms. The molecule has 52 valence electrons. The molecule has 0 radical (unpaired) electrons. The molecule has 0 rings (SSSR count). The van der Waals surface area contributed by atoms with E-state index in [4.69, 9.17) is 0 Å². The fraction of sp³-hybridized carbons (Fsp3) is 0.571. The summed E-state index contributed by atoms with van der Waals surface area (Å²) in [6.45, 7) is 2.00. The van der Waals surface area contributed by atoms with Gasteiger partial charge in [0.1, 0.15) is 0 Å². The van der Waals surface area contributed by atoms with Crippen molar-refractivity contribution in [2.75, 3.05) is 6.26 Å². The Hall–Kier alpha value is -0.240. The Morgan fingerprint density at radius 3 is 2.78 bits per heavy atom. The summed E-state index contributed by atoms with van der Waals surface area (Å²) in [6.07, 6.45) is 5.19. The first-order chi connectivity index (χ1) is 4.31. The molecule has 0 aliphatic carbocycles. The molecule has 0 heterocycles. The first-order valence-corrected chi connectivity index (χ1v) is 4.32. The molecule has 1 nitrogen and oxygen atoms in total. The Morgan fingerprint density at radius 1 is 1.67 bits per heavy atom. The normalized spacial score (nSPS) is 10.4. The van der Waals surface area contributed by atoms with E-state index in [2.05, 4.69) is 0 Å². The maximum atomic E-state index is 10.7. The molecule has 0 bridgehead atoms. The van der Waals surface area contributed by atoms with Gasteiger partial charge in [0.25, 0.3) is 0 Å². The van der Waals surface area contributed by atoms with Crippen LogP contribution >= 0.6 is 11.8 Å². The van der Waals surface area contributed by atoms with Gasteiger partial charge in [-0.25, -0.2) is 0 Å². The minimum Gasteiger partial charge on any atom is -0.295 e. The summed E-state index contributed by atoms with van der Waals surface area (Å²) in [5.74, 6) is 0.229. The third-order valence-corrected chi connectivity index (χ3v) is 1.29. The summed E-state index contributed by atoms with van der Waals surface area (Å²) in [5, 5.41) is 1.82. The second kappa shape index (κ2) is 5.89. The first-order valence-electron chi connectivity index (χ1n) is 3.03. The molecule has 0 N–H and O–H groups in total. The maximum absolute atomic E-state index is 10.7. The first kappa shape index (κ1) is 8.76. The molecule has 9 heavy (non-hydrogen) atoms. The van der Waals surface area contributed by atoms with Crippen LogP contribution in [0.4, 0.5) is 0 Å². The minimum atomic E-state index is 0.229. The maximum Gasteiger partial charge on any atom is 0.156 e. The van der Waals surface area contributed by atoms with Gasteiger partial charge in [-0.1, -0.05) is 6.92 Å². The lowest BCUT2D eigenvalue weighted by molar-refractivity contribution is -0.114. The molecule has 0 fully saturated rings. The fourth-order valence-electron chi connectivity index (χ4n) is 0.474. The summed E-state index contributed by atoms with van der Waals surface area (Å²) in [4.78, 5) is 10.7. The smallest absolute Gasteiger partial charge is 0.156 e. The van der Waals surface area contributed by atoms with Crippen molar-refractivity contribution in [1.29, 1.82) is 0 Å². The molecule has 0 unspecified atom stereocenters. The summed E-state index contributed by atoms with van der Waals surface area (Å²) < 4.78 is 0. The molecule has 0 atom stereocenters. The van der Waals surface area contributed by atoms with Crippen LogP contribution in [0.15, 0.2) is 11.5 Å². The van der Waals surface area contributed by atoms with E-state index in [1.807, 2.05) is 18.6 Å². The van der Waals surface area contributed by atoms with Crippen LogP contribution in [0.5, 0.6) is 0 Å². The molecule has 0 aliphatic rings. The highest BCUT2D eigenvalue weighted by molar-refractivity contribution is 8.01. The number of carbonyl (C=O) groups excluding carboxylic acids is 1. The number of hydrogen-bond acceptors (Lipinski definition) is 2. The van der Waals surface area contributed by atoms with Gasteiger partial charge in [0, 0.05) is 6.42 Å². The Labute approximate surface area is 60.5 Å². The lowest BCUT2D eigenvalue weighted by Crippen LogP contribution is -1.88. The number of ketones is 1. The molecule has 0 saturated carbocycles. The van der Waals surface area contributed by atoms with Gasteiger partial charge < -0.3 is 0 Å². The van der Waals surface area contributed by atoms with Crippen molar-refractivity contribution in [2.45, 2.75) is 19.8 Å². The number of allylic oxidation sites excluding steroid dienone is 1. The third-order valence-electron chi connectivity index (χ3n) is 0.886. The molecule has 0 amide bonds. The molecule has 0 aromatic rings. The van der Waals surface area contributed by atoms with E-state index in [-0.39, 0.29) is 5.78 Å². The molecule has 0 aromatic heterocycles. The Bertz CT molecular complexity index is 107. The number of rotatable bonds is 4. The van der Waals surface area contributed by atoms with Crippen LogP contribution < -0.4 is 0 Å². The van der Waals surface area contributed by atoms with Gasteiger partial charge in [-0.05, 0) is 24.2 Å². The van der Waals surface area contributed by atoms with Crippen molar-refractivity contribution in [3.63, 3.8) is 0 Å². The largest absolute Gasteiger partial charge is 0.295 e. The van der Waals surface area contributed by atoms with Crippen LogP contribution in [0.3, 0.4) is 0 Å². The highest BCUT2D eigenvalue weighted by atomic mass is 32.2. The molecule has 0 saturated heterocycles. The van der Waals surface area contributed by atoms with Gasteiger partial charge in [0.15, 0.2) is 5.78 Å². The molecule has 0 aromatic carbocycles. The minimum absolute atomic E-state index is 0.229. The quantitative estimate of drug-likeness (QED) is 0.563. The van der Waals surface area contributed by atoms with Crippen molar-refractivity contribution in [1.82, 2.24) is 0 Å². The molecule has 0 spiro atoms. The van der Waals surface area contributed by atoms with E-state index in [1.165, 1.54) is 0 Å². The predicted molar refractivity (Wildman–Crippen MR) is 42.6 cm³/mol. The SMILES string of the molecule is CCCC(=O)/C=C/SC. The van der Waals surface area contributed by atoms with Crippen molar-refractivity contribution in [3.8, 4) is 0 Å². The topological polar surface area (TPSA) is 17.1 Å². The van der Waals surface area contributed by atoms with E-state index in [9.17, 15) is 4.79 Å². The molecular weight excluding hydrogens is 132 g/mol. The van der Waals surface area contributed by atoms with E-state index in [0.717, 1.165) is 6.42 Å². The lowest BCUT2D eigenvalue weighted by atomic mass is 10.2. The molecular formula is C7H12OS. The average Bonchev–Trinajstić information content (AvgIpc) is 1.85. The number of hydrogen-bond donors (Lipinski definition) is 0. The van der Waals surface area contributed by atoms with Crippen LogP contribution in [0.2, 0.25) is 0 Å². The van der Waals surface area contributed by atoms with Crippen molar-refractivity contribution >= 4 is 17.5 Å². The zero-order valence-corrected chi connectivity index (χ0v) is 6.70. The lowest BCUT2D eigenvalue weighted by Gasteiger charge is -1.85. The average molecular weight is 144 g/mol. The summed E-state index contributed by atoms with van der Waals surface area (Å²) >= 11 is 1.55. The van der Waals surface area contributed by atoms with Crippen molar-refractivity contribution in [2.24, 2.45) is 0 Å². The highest BCUT2D eigenvalue weighted by Crippen LogP contribution is 1.96. The van der Waals surface area contributed by atoms with Crippen LogP contribution in [-0.4, -0.2) is 12.0 Å². The standard InChI is InChI=1S/C7H12OS/c1-3-4-7(8)5-6-9-2/h5-6H,3-4H2,1-2H3/b6-5+.